The number of unbranched alkanes of at least 4 members (excludes halogenated alkanes) is 2. The van der Waals surface area contributed by atoms with E-state index < -0.39 is 14.3 Å². The number of methoxy groups -OCH3 is 1. The molecular weight excluding hydrogens is 272 g/mol. The van der Waals surface area contributed by atoms with Crippen LogP contribution in [0.3, 0.4) is 0 Å². The van der Waals surface area contributed by atoms with Crippen LogP contribution < -0.4 is 0 Å². The predicted octanol–water partition coefficient (Wildman–Crippen LogP) is 3.34. The van der Waals surface area contributed by atoms with Crippen molar-refractivity contribution in [1.82, 2.24) is 0 Å². The highest BCUT2D eigenvalue weighted by Crippen LogP contribution is 2.34. The summed E-state index contributed by atoms with van der Waals surface area (Å²) >= 11 is 0. The van der Waals surface area contributed by atoms with Crippen LogP contribution in [0, 0.1) is 0 Å². The molecule has 0 fully saturated rings. The zero-order chi connectivity index (χ0) is 15.8. The fraction of sp³-hybridized carbons (Fsp3) is 0.857. The molecule has 0 aromatic rings. The Morgan fingerprint density at radius 3 is 2.10 bits per heavy atom. The summed E-state index contributed by atoms with van der Waals surface area (Å²) in [4.78, 5) is 15.2. The van der Waals surface area contributed by atoms with Gasteiger partial charge in [-0.1, -0.05) is 47.5 Å². The van der Waals surface area contributed by atoms with Gasteiger partial charge in [0.1, 0.15) is 0 Å². The van der Waals surface area contributed by atoms with Crippen LogP contribution >= 0.6 is 0 Å². The minimum absolute atomic E-state index is 0.0847. The zero-order valence-corrected chi connectivity index (χ0v) is 14.6. The third kappa shape index (κ3) is 4.26. The molecule has 0 N–H and O–H groups in total. The molecule has 0 saturated carbocycles. The maximum Gasteiger partial charge on any atom is 0.413 e. The Morgan fingerprint density at radius 1 is 1.20 bits per heavy atom. The van der Waals surface area contributed by atoms with E-state index in [4.69, 9.17) is 9.16 Å². The molecule has 6 heteroatoms. The standard InChI is InChI=1S/C14H28N2O3Si/c1-7-8-9-10-19-20(11(2)3,12(4)5)13(16-15)14(17)18-6/h11-12H,7-10H2,1-6H3. The van der Waals surface area contributed by atoms with Gasteiger partial charge in [0, 0.05) is 6.61 Å². The van der Waals surface area contributed by atoms with Gasteiger partial charge in [-0.05, 0) is 17.5 Å². The van der Waals surface area contributed by atoms with E-state index in [1.54, 1.807) is 0 Å². The molecule has 116 valence electrons. The van der Waals surface area contributed by atoms with E-state index in [0.29, 0.717) is 6.61 Å². The number of rotatable bonds is 9. The first-order valence-electron chi connectivity index (χ1n) is 7.33. The molecule has 0 aromatic heterocycles. The maximum absolute atomic E-state index is 11.9. The summed E-state index contributed by atoms with van der Waals surface area (Å²) in [6, 6.07) is 0. The van der Waals surface area contributed by atoms with Crippen molar-refractivity contribution in [2.45, 2.75) is 65.0 Å². The van der Waals surface area contributed by atoms with Crippen molar-refractivity contribution in [3.05, 3.63) is 5.53 Å². The fourth-order valence-corrected chi connectivity index (χ4v) is 6.87. The van der Waals surface area contributed by atoms with Crippen LogP contribution in [-0.4, -0.2) is 38.1 Å². The molecule has 5 nitrogen and oxygen atoms in total. The molecule has 0 unspecified atom stereocenters. The van der Waals surface area contributed by atoms with Crippen molar-refractivity contribution in [3.8, 4) is 0 Å². The number of carbonyl (C=O) groups excluding carboxylic acids is 1. The second-order valence-corrected chi connectivity index (χ2v) is 10.3. The SMILES string of the molecule is CCCCCO[Si](C(=[N+]=[N-])C(=O)OC)(C(C)C)C(C)C. The summed E-state index contributed by atoms with van der Waals surface area (Å²) in [6.07, 6.45) is 3.15. The van der Waals surface area contributed by atoms with E-state index in [1.165, 1.54) is 7.11 Å². The average Bonchev–Trinajstić information content (AvgIpc) is 2.40. The first-order valence-corrected chi connectivity index (χ1v) is 9.39. The third-order valence-corrected chi connectivity index (χ3v) is 8.81. The van der Waals surface area contributed by atoms with Crippen LogP contribution in [-0.2, 0) is 14.0 Å². The van der Waals surface area contributed by atoms with Gasteiger partial charge in [0.15, 0.2) is 0 Å². The molecule has 0 spiro atoms. The molecule has 0 aliphatic rings. The second kappa shape index (κ2) is 9.05. The Hall–Kier alpha value is -0.973. The highest BCUT2D eigenvalue weighted by molar-refractivity contribution is 7.11. The Morgan fingerprint density at radius 2 is 1.75 bits per heavy atom. The van der Waals surface area contributed by atoms with Crippen LogP contribution in [0.15, 0.2) is 0 Å². The number of hydrogen-bond donors (Lipinski definition) is 0. The number of carbonyl (C=O) groups is 1. The maximum atomic E-state index is 11.9. The minimum atomic E-state index is -2.69. The van der Waals surface area contributed by atoms with Crippen LogP contribution in [0.25, 0.3) is 5.53 Å². The van der Waals surface area contributed by atoms with Crippen molar-refractivity contribution < 1.29 is 18.7 Å². The highest BCUT2D eigenvalue weighted by atomic mass is 28.4. The normalized spacial score (nSPS) is 11.6. The Bertz CT molecular complexity index is 355. The second-order valence-electron chi connectivity index (χ2n) is 5.60. The van der Waals surface area contributed by atoms with Gasteiger partial charge in [-0.15, -0.1) is 0 Å². The Balaban J connectivity index is 5.43. The van der Waals surface area contributed by atoms with Gasteiger partial charge >= 0.3 is 19.6 Å². The van der Waals surface area contributed by atoms with E-state index >= 15 is 0 Å². The first-order chi connectivity index (χ1) is 9.38. The largest absolute Gasteiger partial charge is 0.461 e. The lowest BCUT2D eigenvalue weighted by molar-refractivity contribution is -0.137. The van der Waals surface area contributed by atoms with E-state index in [-0.39, 0.29) is 16.4 Å². The molecular formula is C14H28N2O3Si. The summed E-state index contributed by atoms with van der Waals surface area (Å²) in [7, 11) is -1.39. The number of nitrogens with zero attached hydrogens (tertiary/aromatic N) is 2. The van der Waals surface area contributed by atoms with E-state index in [9.17, 15) is 10.3 Å². The Labute approximate surface area is 123 Å². The topological polar surface area (TPSA) is 71.9 Å². The molecule has 0 aliphatic carbocycles. The summed E-state index contributed by atoms with van der Waals surface area (Å²) in [6.45, 7) is 10.8. The van der Waals surface area contributed by atoms with E-state index in [1.807, 2.05) is 27.7 Å². The average molecular weight is 300 g/mol. The van der Waals surface area contributed by atoms with Gasteiger partial charge in [-0.25, -0.2) is 4.79 Å². The molecule has 0 rings (SSSR count). The van der Waals surface area contributed by atoms with Crippen molar-refractivity contribution in [3.63, 3.8) is 0 Å². The van der Waals surface area contributed by atoms with Gasteiger partial charge in [0.05, 0.1) is 7.11 Å². The van der Waals surface area contributed by atoms with Crippen molar-refractivity contribution >= 4 is 19.6 Å². The van der Waals surface area contributed by atoms with Crippen LogP contribution in [0.5, 0.6) is 0 Å². The zero-order valence-electron chi connectivity index (χ0n) is 13.6. The van der Waals surface area contributed by atoms with E-state index in [0.717, 1.165) is 19.3 Å². The summed E-state index contributed by atoms with van der Waals surface area (Å²) in [5.41, 5.74) is 9.54. The lowest BCUT2D eigenvalue weighted by Crippen LogP contribution is -2.57. The summed E-state index contributed by atoms with van der Waals surface area (Å²) in [5.74, 6) is -0.586. The summed E-state index contributed by atoms with van der Waals surface area (Å²) in [5, 5.41) is 0.0847. The van der Waals surface area contributed by atoms with Crippen LogP contribution in [0.4, 0.5) is 0 Å². The smallest absolute Gasteiger partial charge is 0.413 e. The van der Waals surface area contributed by atoms with Gasteiger partial charge in [-0.2, -0.15) is 4.79 Å². The first kappa shape index (κ1) is 19.0. The van der Waals surface area contributed by atoms with Crippen LogP contribution in [0.2, 0.25) is 11.1 Å². The molecule has 0 saturated heterocycles. The molecule has 20 heavy (non-hydrogen) atoms. The number of esters is 1. The fourth-order valence-electron chi connectivity index (χ4n) is 2.58. The molecule has 0 amide bonds. The van der Waals surface area contributed by atoms with Gasteiger partial charge < -0.3 is 14.7 Å². The van der Waals surface area contributed by atoms with Crippen molar-refractivity contribution in [1.29, 1.82) is 0 Å². The monoisotopic (exact) mass is 300 g/mol. The van der Waals surface area contributed by atoms with Gasteiger partial charge in [-0.3, -0.25) is 0 Å². The summed E-state index contributed by atoms with van der Waals surface area (Å²) < 4.78 is 10.9. The molecule has 0 atom stereocenters. The Kier molecular flexibility index (Phi) is 8.61. The lowest BCUT2D eigenvalue weighted by atomic mass is 10.3. The lowest BCUT2D eigenvalue weighted by Gasteiger charge is -2.33. The van der Waals surface area contributed by atoms with Crippen LogP contribution in [0.1, 0.15) is 53.9 Å². The predicted molar refractivity (Wildman–Crippen MR) is 82.1 cm³/mol. The van der Waals surface area contributed by atoms with Crippen molar-refractivity contribution in [2.75, 3.05) is 13.7 Å². The molecule has 0 radical (unpaired) electrons. The molecule has 0 aromatic carbocycles. The highest BCUT2D eigenvalue weighted by Gasteiger charge is 2.57. The van der Waals surface area contributed by atoms with Gasteiger partial charge in [0.2, 0.25) is 0 Å². The number of ether oxygens (including phenoxy) is 1. The van der Waals surface area contributed by atoms with Crippen molar-refractivity contribution in [2.24, 2.45) is 0 Å². The third-order valence-electron chi connectivity index (χ3n) is 3.65. The molecule has 0 heterocycles. The van der Waals surface area contributed by atoms with Gasteiger partial charge in [0.25, 0.3) is 0 Å². The molecule has 0 aliphatic heterocycles. The minimum Gasteiger partial charge on any atom is -0.461 e. The number of hydrogen-bond acceptors (Lipinski definition) is 3. The van der Waals surface area contributed by atoms with E-state index in [2.05, 4.69) is 11.7 Å². The molecule has 0 bridgehead atoms. The quantitative estimate of drug-likeness (QED) is 0.164.